The van der Waals surface area contributed by atoms with Crippen LogP contribution in [0.15, 0.2) is 0 Å². The van der Waals surface area contributed by atoms with Crippen LogP contribution in [0.25, 0.3) is 0 Å². The molecule has 4 rings (SSSR count). The lowest BCUT2D eigenvalue weighted by Gasteiger charge is -2.49. The van der Waals surface area contributed by atoms with Gasteiger partial charge in [-0.2, -0.15) is 0 Å². The van der Waals surface area contributed by atoms with Crippen LogP contribution in [0.3, 0.4) is 0 Å². The lowest BCUT2D eigenvalue weighted by atomic mass is 9.77. The van der Waals surface area contributed by atoms with Gasteiger partial charge >= 0.3 is 0 Å². The maximum atomic E-state index is 4.09. The molecule has 4 fully saturated rings. The van der Waals surface area contributed by atoms with Crippen LogP contribution in [0.4, 0.5) is 0 Å². The van der Waals surface area contributed by atoms with E-state index in [1.807, 2.05) is 0 Å². The Morgan fingerprint density at radius 1 is 0.818 bits per heavy atom. The third kappa shape index (κ3) is 3.70. The molecule has 0 aromatic heterocycles. The van der Waals surface area contributed by atoms with E-state index in [1.165, 1.54) is 83.7 Å². The molecule has 3 saturated carbocycles. The second-order valence-electron chi connectivity index (χ2n) is 9.06. The molecule has 1 N–H and O–H groups in total. The van der Waals surface area contributed by atoms with Crippen LogP contribution >= 0.6 is 0 Å². The topological polar surface area (TPSA) is 15.3 Å². The summed E-state index contributed by atoms with van der Waals surface area (Å²) in [7, 11) is 0. The van der Waals surface area contributed by atoms with Crippen LogP contribution in [0, 0.1) is 17.8 Å². The number of hydrogen-bond acceptors (Lipinski definition) is 2. The Morgan fingerprint density at radius 2 is 1.64 bits per heavy atom. The lowest BCUT2D eigenvalue weighted by Crippen LogP contribution is -2.58. The first-order valence-corrected chi connectivity index (χ1v) is 10.3. The molecule has 126 valence electrons. The highest BCUT2D eigenvalue weighted by atomic mass is 15.2. The average Bonchev–Trinajstić information content (AvgIpc) is 3.30. The van der Waals surface area contributed by atoms with Gasteiger partial charge in [-0.3, -0.25) is 4.90 Å². The summed E-state index contributed by atoms with van der Waals surface area (Å²) in [4.78, 5) is 2.89. The molecule has 4 unspecified atom stereocenters. The van der Waals surface area contributed by atoms with Crippen molar-refractivity contribution in [2.45, 2.75) is 95.7 Å². The van der Waals surface area contributed by atoms with Gasteiger partial charge in [-0.15, -0.1) is 0 Å². The third-order valence-electron chi connectivity index (χ3n) is 7.05. The average molecular weight is 305 g/mol. The molecule has 0 aromatic rings. The van der Waals surface area contributed by atoms with Gasteiger partial charge in [0.25, 0.3) is 0 Å². The van der Waals surface area contributed by atoms with Crippen LogP contribution < -0.4 is 5.32 Å². The van der Waals surface area contributed by atoms with Gasteiger partial charge in [0, 0.05) is 31.2 Å². The van der Waals surface area contributed by atoms with Gasteiger partial charge in [-0.05, 0) is 56.3 Å². The van der Waals surface area contributed by atoms with Crippen molar-refractivity contribution in [3.8, 4) is 0 Å². The first-order chi connectivity index (χ1) is 10.8. The van der Waals surface area contributed by atoms with Crippen molar-refractivity contribution in [2.75, 3.05) is 13.1 Å². The standard InChI is InChI=1S/C20H36N2/c1-15-7-10-20(15)22-13-17(11-16-8-9-16)12-19(14-22)21-18-5-3-2-4-6-18/h15-21H,2-14H2,1H3. The van der Waals surface area contributed by atoms with Crippen molar-refractivity contribution in [1.29, 1.82) is 0 Å². The number of hydrogen-bond donors (Lipinski definition) is 1. The number of piperidine rings is 1. The van der Waals surface area contributed by atoms with E-state index >= 15 is 0 Å². The van der Waals surface area contributed by atoms with E-state index in [1.54, 1.807) is 0 Å². The molecule has 1 heterocycles. The fourth-order valence-corrected chi connectivity index (χ4v) is 5.42. The summed E-state index contributed by atoms with van der Waals surface area (Å²) >= 11 is 0. The quantitative estimate of drug-likeness (QED) is 0.819. The molecule has 1 saturated heterocycles. The zero-order chi connectivity index (χ0) is 14.9. The molecule has 22 heavy (non-hydrogen) atoms. The number of rotatable bonds is 5. The van der Waals surface area contributed by atoms with Gasteiger partial charge in [0.2, 0.25) is 0 Å². The molecule has 3 aliphatic carbocycles. The molecule has 1 aliphatic heterocycles. The fourth-order valence-electron chi connectivity index (χ4n) is 5.42. The van der Waals surface area contributed by atoms with E-state index in [2.05, 4.69) is 17.1 Å². The van der Waals surface area contributed by atoms with E-state index in [4.69, 9.17) is 0 Å². The van der Waals surface area contributed by atoms with Crippen LogP contribution in [0.2, 0.25) is 0 Å². The van der Waals surface area contributed by atoms with E-state index in [9.17, 15) is 0 Å². The van der Waals surface area contributed by atoms with Crippen molar-refractivity contribution >= 4 is 0 Å². The van der Waals surface area contributed by atoms with Crippen molar-refractivity contribution in [3.05, 3.63) is 0 Å². The Kier molecular flexibility index (Phi) is 4.78. The summed E-state index contributed by atoms with van der Waals surface area (Å²) in [6.07, 6.45) is 16.2. The highest BCUT2D eigenvalue weighted by molar-refractivity contribution is 4.95. The summed E-state index contributed by atoms with van der Waals surface area (Å²) in [6, 6.07) is 2.53. The summed E-state index contributed by atoms with van der Waals surface area (Å²) in [5, 5.41) is 4.09. The number of nitrogens with zero attached hydrogens (tertiary/aromatic N) is 1. The van der Waals surface area contributed by atoms with Crippen molar-refractivity contribution in [1.82, 2.24) is 10.2 Å². The highest BCUT2D eigenvalue weighted by Gasteiger charge is 2.39. The Hall–Kier alpha value is -0.0800. The summed E-state index contributed by atoms with van der Waals surface area (Å²) < 4.78 is 0. The Bertz CT molecular complexity index is 359. The summed E-state index contributed by atoms with van der Waals surface area (Å²) in [5.41, 5.74) is 0. The van der Waals surface area contributed by atoms with Crippen LogP contribution in [0.5, 0.6) is 0 Å². The lowest BCUT2D eigenvalue weighted by molar-refractivity contribution is 0.0173. The van der Waals surface area contributed by atoms with E-state index in [0.29, 0.717) is 0 Å². The molecule has 0 spiro atoms. The van der Waals surface area contributed by atoms with Crippen molar-refractivity contribution < 1.29 is 0 Å². The largest absolute Gasteiger partial charge is 0.310 e. The third-order valence-corrected chi connectivity index (χ3v) is 7.05. The molecule has 4 aliphatic rings. The predicted octanol–water partition coefficient (Wildman–Crippen LogP) is 4.20. The zero-order valence-electron chi connectivity index (χ0n) is 14.6. The van der Waals surface area contributed by atoms with Crippen molar-refractivity contribution in [3.63, 3.8) is 0 Å². The van der Waals surface area contributed by atoms with Gasteiger partial charge in [0.05, 0.1) is 0 Å². The summed E-state index contributed by atoms with van der Waals surface area (Å²) in [5.74, 6) is 3.03. The molecule has 4 atom stereocenters. The monoisotopic (exact) mass is 304 g/mol. The highest BCUT2D eigenvalue weighted by Crippen LogP contribution is 2.40. The second-order valence-corrected chi connectivity index (χ2v) is 9.06. The first-order valence-electron chi connectivity index (χ1n) is 10.3. The molecular formula is C20H36N2. The van der Waals surface area contributed by atoms with Gasteiger partial charge < -0.3 is 5.32 Å². The van der Waals surface area contributed by atoms with Crippen molar-refractivity contribution in [2.24, 2.45) is 17.8 Å². The number of likely N-dealkylation sites (tertiary alicyclic amines) is 1. The molecule has 0 radical (unpaired) electrons. The van der Waals surface area contributed by atoms with E-state index < -0.39 is 0 Å². The van der Waals surface area contributed by atoms with Crippen LogP contribution in [-0.2, 0) is 0 Å². The fraction of sp³-hybridized carbons (Fsp3) is 1.00. The van der Waals surface area contributed by atoms with Gasteiger partial charge in [-0.25, -0.2) is 0 Å². The molecule has 0 bridgehead atoms. The Morgan fingerprint density at radius 3 is 2.27 bits per heavy atom. The van der Waals surface area contributed by atoms with Gasteiger partial charge in [-0.1, -0.05) is 39.0 Å². The van der Waals surface area contributed by atoms with E-state index in [0.717, 1.165) is 35.9 Å². The summed E-state index contributed by atoms with van der Waals surface area (Å²) in [6.45, 7) is 5.23. The second kappa shape index (κ2) is 6.81. The molecule has 0 amide bonds. The normalized spacial score (nSPS) is 41.3. The smallest absolute Gasteiger partial charge is 0.0200 e. The zero-order valence-corrected chi connectivity index (χ0v) is 14.6. The first kappa shape index (κ1) is 15.4. The van der Waals surface area contributed by atoms with Gasteiger partial charge in [0.1, 0.15) is 0 Å². The van der Waals surface area contributed by atoms with E-state index in [-0.39, 0.29) is 0 Å². The molecule has 2 nitrogen and oxygen atoms in total. The van der Waals surface area contributed by atoms with Crippen LogP contribution in [0.1, 0.15) is 77.6 Å². The minimum Gasteiger partial charge on any atom is -0.310 e. The Labute approximate surface area is 137 Å². The minimum absolute atomic E-state index is 0.786. The maximum Gasteiger partial charge on any atom is 0.0200 e. The molecule has 0 aromatic carbocycles. The SMILES string of the molecule is CC1CCC1N1CC(CC2CC2)CC(NC2CCCCC2)C1. The molecular weight excluding hydrogens is 268 g/mol. The van der Waals surface area contributed by atoms with Gasteiger partial charge in [0.15, 0.2) is 0 Å². The van der Waals surface area contributed by atoms with Crippen LogP contribution in [-0.4, -0.2) is 36.1 Å². The predicted molar refractivity (Wildman–Crippen MR) is 93.0 cm³/mol. The molecule has 2 heteroatoms. The Balaban J connectivity index is 1.35. The minimum atomic E-state index is 0.786. The maximum absolute atomic E-state index is 4.09. The number of nitrogens with one attached hydrogen (secondary N) is 1.